The Balaban J connectivity index is 1.56. The van der Waals surface area contributed by atoms with Crippen LogP contribution >= 0.6 is 15.9 Å². The van der Waals surface area contributed by atoms with Crippen molar-refractivity contribution in [3.63, 3.8) is 0 Å². The summed E-state index contributed by atoms with van der Waals surface area (Å²) >= 11 is 3.08. The third kappa shape index (κ3) is 4.14. The predicted octanol–water partition coefficient (Wildman–Crippen LogP) is 3.86. The summed E-state index contributed by atoms with van der Waals surface area (Å²) in [4.78, 5) is 20.0. The van der Waals surface area contributed by atoms with Gasteiger partial charge in [0, 0.05) is 18.1 Å². The number of amidine groups is 1. The molecule has 0 spiro atoms. The molecule has 8 nitrogen and oxygen atoms in total. The highest BCUT2D eigenvalue weighted by atomic mass is 79.9. The maximum Gasteiger partial charge on any atom is 0.182 e. The Hall–Kier alpha value is -3.37. The molecule has 0 amide bonds. The summed E-state index contributed by atoms with van der Waals surface area (Å²) in [5.74, 6) is -0.640. The highest BCUT2D eigenvalue weighted by Crippen LogP contribution is 2.23. The normalized spacial score (nSPS) is 11.8. The second-order valence-electron chi connectivity index (χ2n) is 6.48. The van der Waals surface area contributed by atoms with Gasteiger partial charge in [-0.05, 0) is 56.3 Å². The molecule has 0 bridgehead atoms. The lowest BCUT2D eigenvalue weighted by Gasteiger charge is -2.05. The van der Waals surface area contributed by atoms with Gasteiger partial charge in [-0.2, -0.15) is 0 Å². The van der Waals surface area contributed by atoms with E-state index >= 15 is 0 Å². The van der Waals surface area contributed by atoms with Crippen LogP contribution in [0.2, 0.25) is 0 Å². The van der Waals surface area contributed by atoms with Gasteiger partial charge in [0.1, 0.15) is 17.3 Å². The second-order valence-corrected chi connectivity index (χ2v) is 7.34. The Morgan fingerprint density at radius 3 is 2.90 bits per heavy atom. The summed E-state index contributed by atoms with van der Waals surface area (Å²) in [5, 5.41) is 18.0. The zero-order valence-corrected chi connectivity index (χ0v) is 17.0. The number of nitrogens with zero attached hydrogens (tertiary/aromatic N) is 3. The number of fused-ring (bicyclic) bond motifs is 1. The van der Waals surface area contributed by atoms with Crippen LogP contribution in [0.15, 0.2) is 62.8 Å². The Kier molecular flexibility index (Phi) is 5.68. The first-order valence-electron chi connectivity index (χ1n) is 8.87. The van der Waals surface area contributed by atoms with Crippen molar-refractivity contribution < 1.29 is 19.0 Å². The van der Waals surface area contributed by atoms with Crippen LogP contribution in [0.25, 0.3) is 10.9 Å². The Bertz CT molecular complexity index is 1250. The number of H-pyrrole nitrogens is 1. The van der Waals surface area contributed by atoms with Crippen molar-refractivity contribution in [3.05, 3.63) is 75.9 Å². The number of nitrogens with one attached hydrogen (secondary N) is 2. The largest absolute Gasteiger partial charge is 0.361 e. The summed E-state index contributed by atoms with van der Waals surface area (Å²) in [6.07, 6.45) is 1.94. The van der Waals surface area contributed by atoms with Crippen molar-refractivity contribution in [2.45, 2.75) is 12.8 Å². The van der Waals surface area contributed by atoms with Crippen LogP contribution in [-0.4, -0.2) is 32.1 Å². The number of halogens is 2. The molecule has 10 heteroatoms. The number of Topliss-reactive ketones (excluding diaryl/α,β-unsaturated/α-hetero) is 1. The number of aliphatic imine (C=N–C) groups is 1. The summed E-state index contributed by atoms with van der Waals surface area (Å²) < 4.78 is 18.4. The van der Waals surface area contributed by atoms with Crippen LogP contribution in [0.4, 0.5) is 10.1 Å². The lowest BCUT2D eigenvalue weighted by molar-refractivity contribution is -0.117. The van der Waals surface area contributed by atoms with E-state index in [1.807, 2.05) is 35.9 Å². The quantitative estimate of drug-likeness (QED) is 0.223. The van der Waals surface area contributed by atoms with Crippen molar-refractivity contribution in [2.75, 3.05) is 0 Å². The number of carbonyl (C=O) groups excluding carboxylic acids is 1. The monoisotopic (exact) mass is 471 g/mol. The summed E-state index contributed by atoms with van der Waals surface area (Å²) in [5.41, 5.74) is 4.36. The molecule has 152 valence electrons. The first-order valence-corrected chi connectivity index (χ1v) is 9.67. The molecule has 0 unspecified atom stereocenters. The molecule has 4 aromatic rings. The number of hydrogen-bond acceptors (Lipinski definition) is 6. The molecule has 4 rings (SSSR count). The Morgan fingerprint density at radius 2 is 2.10 bits per heavy atom. The number of hydrogen-bond donors (Lipinski definition) is 3. The maximum absolute atomic E-state index is 13.4. The minimum absolute atomic E-state index is 0.0657. The van der Waals surface area contributed by atoms with Crippen LogP contribution in [0.1, 0.15) is 17.0 Å². The molecular weight excluding hydrogens is 457 g/mol. The Labute approximate surface area is 177 Å². The first kappa shape index (κ1) is 19.9. The van der Waals surface area contributed by atoms with Gasteiger partial charge in [-0.15, -0.1) is 0 Å². The van der Waals surface area contributed by atoms with Crippen molar-refractivity contribution in [1.82, 2.24) is 20.8 Å². The van der Waals surface area contributed by atoms with E-state index in [1.165, 1.54) is 18.2 Å². The third-order valence-corrected chi connectivity index (χ3v) is 5.06. The van der Waals surface area contributed by atoms with E-state index in [-0.39, 0.29) is 40.3 Å². The number of aromatic nitrogens is 3. The highest BCUT2D eigenvalue weighted by Gasteiger charge is 2.20. The minimum atomic E-state index is -0.445. The number of hydroxylamine groups is 1. The van der Waals surface area contributed by atoms with Crippen LogP contribution in [0, 0.1) is 5.82 Å². The van der Waals surface area contributed by atoms with Gasteiger partial charge in [-0.25, -0.2) is 14.0 Å². The number of rotatable bonds is 6. The lowest BCUT2D eigenvalue weighted by Crippen LogP contribution is -2.23. The molecule has 0 aliphatic heterocycles. The van der Waals surface area contributed by atoms with E-state index in [0.29, 0.717) is 5.69 Å². The fraction of sp³-hybridized carbons (Fsp3) is 0.100. The van der Waals surface area contributed by atoms with Gasteiger partial charge in [0.05, 0.1) is 16.6 Å². The van der Waals surface area contributed by atoms with Crippen LogP contribution in [0.5, 0.6) is 0 Å². The zero-order valence-electron chi connectivity index (χ0n) is 15.4. The highest BCUT2D eigenvalue weighted by molar-refractivity contribution is 9.10. The lowest BCUT2D eigenvalue weighted by atomic mass is 10.0. The maximum atomic E-state index is 13.4. The van der Waals surface area contributed by atoms with Crippen molar-refractivity contribution in [1.29, 1.82) is 0 Å². The average Bonchev–Trinajstić information content (AvgIpc) is 3.39. The van der Waals surface area contributed by atoms with Gasteiger partial charge >= 0.3 is 0 Å². The molecule has 0 saturated carbocycles. The topological polar surface area (TPSA) is 116 Å². The average molecular weight is 472 g/mol. The standard InChI is InChI=1S/C20H15BrFN5O3/c21-15-9-13(4-5-16(15)22)24-20(25-29)19-17(26-30-27-19)10-14(28)8-12-3-1-2-11-6-7-23-18(11)12/h1-7,9,23,29H,8,10H2,(H,24,25). The van der Waals surface area contributed by atoms with Crippen molar-refractivity contribution in [3.8, 4) is 0 Å². The molecule has 2 aromatic heterocycles. The van der Waals surface area contributed by atoms with E-state index in [9.17, 15) is 14.4 Å². The van der Waals surface area contributed by atoms with Crippen LogP contribution in [0.3, 0.4) is 0 Å². The first-order chi connectivity index (χ1) is 14.5. The summed E-state index contributed by atoms with van der Waals surface area (Å²) in [7, 11) is 0. The van der Waals surface area contributed by atoms with Gasteiger partial charge in [-0.3, -0.25) is 15.5 Å². The summed E-state index contributed by atoms with van der Waals surface area (Å²) in [6, 6.07) is 11.8. The molecule has 30 heavy (non-hydrogen) atoms. The van der Waals surface area contributed by atoms with Crippen molar-refractivity contribution in [2.24, 2.45) is 4.99 Å². The van der Waals surface area contributed by atoms with Gasteiger partial charge < -0.3 is 4.98 Å². The fourth-order valence-corrected chi connectivity index (χ4v) is 3.44. The number of aromatic amines is 1. The molecule has 2 heterocycles. The van der Waals surface area contributed by atoms with E-state index < -0.39 is 5.82 Å². The number of carbonyl (C=O) groups is 1. The van der Waals surface area contributed by atoms with Crippen molar-refractivity contribution >= 4 is 44.1 Å². The van der Waals surface area contributed by atoms with Gasteiger partial charge in [0.2, 0.25) is 0 Å². The molecule has 3 N–H and O–H groups in total. The van der Waals surface area contributed by atoms with Gasteiger partial charge in [0.25, 0.3) is 0 Å². The number of ketones is 1. The minimum Gasteiger partial charge on any atom is -0.361 e. The predicted molar refractivity (Wildman–Crippen MR) is 110 cm³/mol. The SMILES string of the molecule is O=C(Cc1nonc1C(=Nc1ccc(F)c(Br)c1)NO)Cc1cccc2cc[nH]c12. The zero-order chi connectivity index (χ0) is 21.1. The Morgan fingerprint density at radius 1 is 1.23 bits per heavy atom. The smallest absolute Gasteiger partial charge is 0.182 e. The molecule has 0 saturated heterocycles. The van der Waals surface area contributed by atoms with E-state index in [0.717, 1.165) is 16.5 Å². The number of para-hydroxylation sites is 1. The molecule has 0 radical (unpaired) electrons. The number of benzene rings is 2. The second kappa shape index (κ2) is 8.56. The summed E-state index contributed by atoms with van der Waals surface area (Å²) in [6.45, 7) is 0. The van der Waals surface area contributed by atoms with E-state index in [4.69, 9.17) is 4.63 Å². The van der Waals surface area contributed by atoms with Crippen LogP contribution in [-0.2, 0) is 17.6 Å². The molecule has 0 aliphatic rings. The fourth-order valence-electron chi connectivity index (χ4n) is 3.08. The van der Waals surface area contributed by atoms with Gasteiger partial charge in [0.15, 0.2) is 11.5 Å². The van der Waals surface area contributed by atoms with Crippen LogP contribution < -0.4 is 5.48 Å². The molecule has 2 aromatic carbocycles. The molecular formula is C20H15BrFN5O3. The molecule has 0 fully saturated rings. The molecule has 0 aliphatic carbocycles. The van der Waals surface area contributed by atoms with E-state index in [1.54, 1.807) is 0 Å². The van der Waals surface area contributed by atoms with Gasteiger partial charge in [-0.1, -0.05) is 23.4 Å². The van der Waals surface area contributed by atoms with E-state index in [2.05, 4.69) is 36.2 Å². The third-order valence-electron chi connectivity index (χ3n) is 4.46. The molecule has 0 atom stereocenters.